The normalized spacial score (nSPS) is 12.9. The fourth-order valence-corrected chi connectivity index (χ4v) is 10.5. The van der Waals surface area contributed by atoms with E-state index in [-0.39, 0.29) is 18.3 Å². The van der Waals surface area contributed by atoms with Gasteiger partial charge in [0.25, 0.3) is 0 Å². The minimum atomic E-state index is 0. The van der Waals surface area contributed by atoms with Gasteiger partial charge in [0.2, 0.25) is 0 Å². The molecule has 9 heteroatoms. The number of hydrogen-bond acceptors (Lipinski definition) is 9. The summed E-state index contributed by atoms with van der Waals surface area (Å²) in [5.41, 5.74) is 2.05. The van der Waals surface area contributed by atoms with Crippen molar-refractivity contribution in [2.75, 3.05) is 119 Å². The molecule has 3 atom stereocenters. The second kappa shape index (κ2) is 75.3. The molecule has 3 unspecified atom stereocenters. The molecule has 0 aliphatic carbocycles. The van der Waals surface area contributed by atoms with Crippen LogP contribution in [0.2, 0.25) is 0 Å². The summed E-state index contributed by atoms with van der Waals surface area (Å²) in [5.74, 6) is 1.93. The van der Waals surface area contributed by atoms with Gasteiger partial charge >= 0.3 is 0 Å². The first-order chi connectivity index (χ1) is 44.6. The molecule has 0 saturated heterocycles. The van der Waals surface area contributed by atoms with E-state index in [1.54, 1.807) is 0 Å². The zero-order valence-electron chi connectivity index (χ0n) is 69.3. The van der Waals surface area contributed by atoms with Gasteiger partial charge in [0.15, 0.2) is 0 Å². The summed E-state index contributed by atoms with van der Waals surface area (Å²) in [6.45, 7) is 76.7. The fourth-order valence-electron chi connectivity index (χ4n) is 10.5. The molecule has 0 amide bonds. The van der Waals surface area contributed by atoms with Gasteiger partial charge in [-0.3, -0.25) is 0 Å². The Hall–Kier alpha value is -0.360. The average molecular weight is 1350 g/mol. The van der Waals surface area contributed by atoms with Crippen molar-refractivity contribution >= 4 is 0 Å². The van der Waals surface area contributed by atoms with Gasteiger partial charge in [-0.15, -0.1) is 0 Å². The van der Waals surface area contributed by atoms with Crippen molar-refractivity contribution in [1.29, 1.82) is 0 Å². The maximum atomic E-state index is 6.20. The van der Waals surface area contributed by atoms with E-state index in [4.69, 9.17) is 42.6 Å². The zero-order valence-corrected chi connectivity index (χ0v) is 69.3. The lowest BCUT2D eigenvalue weighted by Gasteiger charge is -2.35. The highest BCUT2D eigenvalue weighted by Gasteiger charge is 2.32. The molecule has 0 radical (unpaired) electrons. The molecular formula is C85H184O9. The Kier molecular flexibility index (Phi) is 85.8. The number of unbranched alkanes of at least 4 members (excludes halogenated alkanes) is 6. The van der Waals surface area contributed by atoms with Crippen LogP contribution in [-0.2, 0) is 42.6 Å². The highest BCUT2D eigenvalue weighted by Crippen LogP contribution is 2.36. The molecule has 94 heavy (non-hydrogen) atoms. The van der Waals surface area contributed by atoms with Crippen LogP contribution in [0.3, 0.4) is 0 Å². The predicted molar refractivity (Wildman–Crippen MR) is 421 cm³/mol. The molecule has 0 spiro atoms. The molecule has 0 aromatic rings. The van der Waals surface area contributed by atoms with E-state index >= 15 is 0 Å². The molecule has 0 aliphatic heterocycles. The molecule has 0 aromatic carbocycles. The Balaban J connectivity index is -0.000000196. The summed E-state index contributed by atoms with van der Waals surface area (Å²) in [6.07, 6.45) is 36.1. The smallest absolute Gasteiger partial charge is 0.0544 e. The lowest BCUT2D eigenvalue weighted by atomic mass is 9.80. The van der Waals surface area contributed by atoms with Crippen LogP contribution in [0, 0.1) is 50.2 Å². The van der Waals surface area contributed by atoms with Crippen LogP contribution in [0.25, 0.3) is 0 Å². The van der Waals surface area contributed by atoms with E-state index in [2.05, 4.69) is 187 Å². The SMILES string of the molecule is C.CCCCOCC(C)CC.CCCCOCC(C)COCC(C)CC.CCCCOCC(CC)(CC)CC.CCCCOCC(CC)(CC)CC.CCCCOCC(CC)(CC)COCC(CC)(CC)CC.CCCCOCC(CC)(CC)COCC(CC)(CC)CC. The van der Waals surface area contributed by atoms with Crippen LogP contribution in [0.5, 0.6) is 0 Å². The minimum absolute atomic E-state index is 0. The van der Waals surface area contributed by atoms with Crippen molar-refractivity contribution in [3.05, 3.63) is 0 Å². The Morgan fingerprint density at radius 2 is 0.351 bits per heavy atom. The van der Waals surface area contributed by atoms with Gasteiger partial charge < -0.3 is 42.6 Å². The summed E-state index contributed by atoms with van der Waals surface area (Å²) in [7, 11) is 0. The zero-order chi connectivity index (χ0) is 72.0. The molecule has 0 aromatic heterocycles. The maximum absolute atomic E-state index is 6.20. The number of rotatable bonds is 60. The van der Waals surface area contributed by atoms with Gasteiger partial charge in [0, 0.05) is 69.6 Å². The van der Waals surface area contributed by atoms with E-state index in [0.717, 1.165) is 163 Å². The lowest BCUT2D eigenvalue weighted by molar-refractivity contribution is -0.0534. The summed E-state index contributed by atoms with van der Waals surface area (Å²) < 4.78 is 52.2. The van der Waals surface area contributed by atoms with Crippen molar-refractivity contribution in [3.63, 3.8) is 0 Å². The Morgan fingerprint density at radius 1 is 0.191 bits per heavy atom. The van der Waals surface area contributed by atoms with Crippen LogP contribution in [0.1, 0.15) is 387 Å². The van der Waals surface area contributed by atoms with Gasteiger partial charge in [0.1, 0.15) is 0 Å². The third-order valence-electron chi connectivity index (χ3n) is 22.1. The molecule has 0 fully saturated rings. The number of hydrogen-bond donors (Lipinski definition) is 0. The largest absolute Gasteiger partial charge is 0.381 e. The van der Waals surface area contributed by atoms with Crippen molar-refractivity contribution in [1.82, 2.24) is 0 Å². The van der Waals surface area contributed by atoms with Crippen LogP contribution in [0.4, 0.5) is 0 Å². The molecule has 0 saturated carbocycles. The first kappa shape index (κ1) is 107. The molecule has 0 rings (SSSR count). The molecule has 0 heterocycles. The van der Waals surface area contributed by atoms with E-state index < -0.39 is 0 Å². The van der Waals surface area contributed by atoms with Crippen LogP contribution < -0.4 is 0 Å². The standard InChI is InChI=1S/2C19H40O2.C13H28O2.2C12H26O.C9H20O.CH4/c2*1-7-13-14-20-16-19(11-5,12-6)17-21-15-18(8-2,9-3)10-4;1-5-7-8-14-10-13(4)11-15-9-12(3)6-2;2*1-5-9-10-13-11-12(6-2,7-3)8-4;1-4-6-7-10-8-9(3)5-2;/h2*7-17H2,1-6H3;12-13H,5-11H2,1-4H3;2*5-11H2,1-4H3;9H,4-8H2,1-3H3;1H4. The molecule has 0 aliphatic rings. The van der Waals surface area contributed by atoms with Crippen LogP contribution >= 0.6 is 0 Å². The third-order valence-corrected chi connectivity index (χ3v) is 22.1. The van der Waals surface area contributed by atoms with E-state index in [0.29, 0.717) is 33.5 Å². The van der Waals surface area contributed by atoms with E-state index in [1.807, 2.05) is 0 Å². The monoisotopic (exact) mass is 1350 g/mol. The Labute approximate surface area is 595 Å². The quantitative estimate of drug-likeness (QED) is 0.0553. The molecular weight excluding hydrogens is 1160 g/mol. The average Bonchev–Trinajstić information content (AvgIpc) is 1.02. The molecule has 9 nitrogen and oxygen atoms in total. The van der Waals surface area contributed by atoms with Gasteiger partial charge in [-0.1, -0.05) is 246 Å². The van der Waals surface area contributed by atoms with E-state index in [1.165, 1.54) is 154 Å². The summed E-state index contributed by atoms with van der Waals surface area (Å²) in [6, 6.07) is 0. The maximum Gasteiger partial charge on any atom is 0.0544 e. The van der Waals surface area contributed by atoms with Gasteiger partial charge in [-0.25, -0.2) is 0 Å². The van der Waals surface area contributed by atoms with Gasteiger partial charge in [0.05, 0.1) is 66.1 Å². The topological polar surface area (TPSA) is 83.1 Å². The predicted octanol–water partition coefficient (Wildman–Crippen LogP) is 26.7. The highest BCUT2D eigenvalue weighted by molar-refractivity contribution is 4.81. The van der Waals surface area contributed by atoms with Crippen molar-refractivity contribution < 1.29 is 42.6 Å². The van der Waals surface area contributed by atoms with Crippen molar-refractivity contribution in [3.8, 4) is 0 Å². The number of ether oxygens (including phenoxy) is 9. The van der Waals surface area contributed by atoms with Crippen molar-refractivity contribution in [2.45, 2.75) is 387 Å². The van der Waals surface area contributed by atoms with Gasteiger partial charge in [-0.2, -0.15) is 0 Å². The molecule has 0 N–H and O–H groups in total. The third kappa shape index (κ3) is 58.3. The summed E-state index contributed by atoms with van der Waals surface area (Å²) >= 11 is 0. The molecule has 0 bridgehead atoms. The Bertz CT molecular complexity index is 1260. The fraction of sp³-hybridized carbons (Fsp3) is 1.00. The van der Waals surface area contributed by atoms with Crippen LogP contribution in [-0.4, -0.2) is 119 Å². The summed E-state index contributed by atoms with van der Waals surface area (Å²) in [4.78, 5) is 0. The second-order valence-corrected chi connectivity index (χ2v) is 28.8. The first-order valence-corrected chi connectivity index (χ1v) is 40.8. The second-order valence-electron chi connectivity index (χ2n) is 28.8. The first-order valence-electron chi connectivity index (χ1n) is 40.8. The van der Waals surface area contributed by atoms with Crippen LogP contribution in [0.15, 0.2) is 0 Å². The lowest BCUT2D eigenvalue weighted by Crippen LogP contribution is -2.34. The van der Waals surface area contributed by atoms with Gasteiger partial charge in [-0.05, 0) is 175 Å². The minimum Gasteiger partial charge on any atom is -0.381 e. The molecule has 578 valence electrons. The Morgan fingerprint density at radius 3 is 0.553 bits per heavy atom. The van der Waals surface area contributed by atoms with E-state index in [9.17, 15) is 0 Å². The highest BCUT2D eigenvalue weighted by atomic mass is 16.5. The van der Waals surface area contributed by atoms with Crippen molar-refractivity contribution in [2.24, 2.45) is 50.2 Å². The summed E-state index contributed by atoms with van der Waals surface area (Å²) in [5, 5.41) is 0.